The first-order valence-electron chi connectivity index (χ1n) is 7.43. The van der Waals surface area contributed by atoms with Gasteiger partial charge < -0.3 is 19.5 Å². The van der Waals surface area contributed by atoms with Crippen molar-refractivity contribution >= 4 is 34.5 Å². The molecule has 0 atom stereocenters. The molecule has 2 N–H and O–H groups in total. The van der Waals surface area contributed by atoms with Gasteiger partial charge in [-0.1, -0.05) is 0 Å². The van der Waals surface area contributed by atoms with Crippen LogP contribution in [0.3, 0.4) is 0 Å². The molecule has 7 heteroatoms. The van der Waals surface area contributed by atoms with Crippen molar-refractivity contribution in [1.29, 1.82) is 0 Å². The van der Waals surface area contributed by atoms with Crippen LogP contribution in [0.2, 0.25) is 0 Å². The number of benzene rings is 1. The Kier molecular flexibility index (Phi) is 4.75. The third kappa shape index (κ3) is 4.44. The highest BCUT2D eigenvalue weighted by molar-refractivity contribution is 5.98. The van der Waals surface area contributed by atoms with Gasteiger partial charge in [0.1, 0.15) is 11.3 Å². The second-order valence-corrected chi connectivity index (χ2v) is 5.12. The first kappa shape index (κ1) is 16.3. The topological polar surface area (TPSA) is 102 Å². The summed E-state index contributed by atoms with van der Waals surface area (Å²) in [7, 11) is 0. The molecule has 0 saturated carbocycles. The van der Waals surface area contributed by atoms with Crippen molar-refractivity contribution in [2.45, 2.75) is 0 Å². The largest absolute Gasteiger partial charge is 0.465 e. The van der Waals surface area contributed by atoms with Crippen molar-refractivity contribution in [2.75, 3.05) is 11.9 Å². The summed E-state index contributed by atoms with van der Waals surface area (Å²) in [6, 6.07) is 11.2. The normalized spacial score (nSPS) is 10.9. The molecule has 0 bridgehead atoms. The molecule has 0 saturated heterocycles. The van der Waals surface area contributed by atoms with Crippen LogP contribution in [0.15, 0.2) is 68.4 Å². The Labute approximate surface area is 141 Å². The molecule has 0 fully saturated rings. The lowest BCUT2D eigenvalue weighted by molar-refractivity contribution is -0.121. The molecule has 0 aliphatic rings. The zero-order valence-electron chi connectivity index (χ0n) is 13.0. The lowest BCUT2D eigenvalue weighted by Gasteiger charge is -2.06. The summed E-state index contributed by atoms with van der Waals surface area (Å²) in [6.45, 7) is -0.177. The molecule has 7 nitrogen and oxygen atoms in total. The highest BCUT2D eigenvalue weighted by Crippen LogP contribution is 2.17. The number of rotatable bonds is 5. The van der Waals surface area contributed by atoms with Gasteiger partial charge in [0, 0.05) is 23.2 Å². The minimum atomic E-state index is -0.436. The Hall–Kier alpha value is -3.61. The number of furan rings is 1. The van der Waals surface area contributed by atoms with Crippen LogP contribution < -0.4 is 16.3 Å². The van der Waals surface area contributed by atoms with E-state index in [0.29, 0.717) is 22.4 Å². The van der Waals surface area contributed by atoms with Crippen LogP contribution >= 0.6 is 0 Å². The van der Waals surface area contributed by atoms with E-state index in [1.807, 2.05) is 0 Å². The number of fused-ring (bicyclic) bond motifs is 1. The van der Waals surface area contributed by atoms with E-state index in [1.165, 1.54) is 24.5 Å². The van der Waals surface area contributed by atoms with Crippen molar-refractivity contribution < 1.29 is 18.4 Å². The maximum atomic E-state index is 11.9. The molecule has 0 aliphatic carbocycles. The summed E-state index contributed by atoms with van der Waals surface area (Å²) in [5, 5.41) is 5.81. The van der Waals surface area contributed by atoms with Gasteiger partial charge in [0.15, 0.2) is 0 Å². The predicted molar refractivity (Wildman–Crippen MR) is 91.9 cm³/mol. The van der Waals surface area contributed by atoms with Gasteiger partial charge in [0.25, 0.3) is 0 Å². The fourth-order valence-electron chi connectivity index (χ4n) is 2.13. The minimum absolute atomic E-state index is 0.177. The maximum Gasteiger partial charge on any atom is 0.336 e. The van der Waals surface area contributed by atoms with Crippen LogP contribution in [0.5, 0.6) is 0 Å². The van der Waals surface area contributed by atoms with Gasteiger partial charge in [-0.3, -0.25) is 9.59 Å². The Balaban J connectivity index is 1.54. The number of nitrogens with one attached hydrogen (secondary N) is 2. The van der Waals surface area contributed by atoms with Gasteiger partial charge in [-0.2, -0.15) is 0 Å². The van der Waals surface area contributed by atoms with Crippen molar-refractivity contribution in [3.8, 4) is 0 Å². The van der Waals surface area contributed by atoms with Gasteiger partial charge in [-0.15, -0.1) is 0 Å². The Morgan fingerprint density at radius 3 is 2.80 bits per heavy atom. The smallest absolute Gasteiger partial charge is 0.336 e. The summed E-state index contributed by atoms with van der Waals surface area (Å²) in [4.78, 5) is 34.7. The van der Waals surface area contributed by atoms with Crippen LogP contribution in [0.4, 0.5) is 5.69 Å². The average molecular weight is 338 g/mol. The number of amides is 2. The Bertz CT molecular complexity index is 986. The van der Waals surface area contributed by atoms with Gasteiger partial charge in [-0.05, 0) is 42.5 Å². The fourth-order valence-corrected chi connectivity index (χ4v) is 2.13. The molecule has 2 aromatic heterocycles. The number of anilines is 1. The second kappa shape index (κ2) is 7.31. The fraction of sp³-hybridized carbons (Fsp3) is 0.0556. The Morgan fingerprint density at radius 2 is 2.00 bits per heavy atom. The summed E-state index contributed by atoms with van der Waals surface area (Å²) in [5.41, 5.74) is 0.531. The molecule has 0 radical (unpaired) electrons. The molecule has 1 aromatic carbocycles. The Morgan fingerprint density at radius 1 is 1.12 bits per heavy atom. The summed E-state index contributed by atoms with van der Waals surface area (Å²) in [5.74, 6) is -0.245. The first-order chi connectivity index (χ1) is 12.1. The van der Waals surface area contributed by atoms with Gasteiger partial charge in [0.05, 0.1) is 12.8 Å². The highest BCUT2D eigenvalue weighted by atomic mass is 16.4. The summed E-state index contributed by atoms with van der Waals surface area (Å²) < 4.78 is 10.1. The molecule has 0 unspecified atom stereocenters. The van der Waals surface area contributed by atoms with E-state index in [2.05, 4.69) is 10.6 Å². The predicted octanol–water partition coefficient (Wildman–Crippen LogP) is 2.15. The SMILES string of the molecule is O=C(/C=C\c1ccco1)NCC(=O)Nc1ccc2oc(=O)ccc2c1. The molecular weight excluding hydrogens is 324 g/mol. The van der Waals surface area contributed by atoms with Crippen molar-refractivity contribution in [2.24, 2.45) is 0 Å². The van der Waals surface area contributed by atoms with Crippen LogP contribution in [-0.4, -0.2) is 18.4 Å². The third-order valence-corrected chi connectivity index (χ3v) is 3.27. The molecule has 3 rings (SSSR count). The number of hydrogen-bond donors (Lipinski definition) is 2. The quantitative estimate of drug-likeness (QED) is 0.548. The third-order valence-electron chi connectivity index (χ3n) is 3.27. The van der Waals surface area contributed by atoms with Gasteiger partial charge in [-0.25, -0.2) is 4.79 Å². The summed E-state index contributed by atoms with van der Waals surface area (Å²) >= 11 is 0. The van der Waals surface area contributed by atoms with Crippen LogP contribution in [0.25, 0.3) is 17.0 Å². The lowest BCUT2D eigenvalue weighted by atomic mass is 10.2. The molecule has 0 aliphatic heterocycles. The molecule has 2 heterocycles. The first-order valence-corrected chi connectivity index (χ1v) is 7.43. The molecule has 3 aromatic rings. The zero-order chi connectivity index (χ0) is 17.6. The highest BCUT2D eigenvalue weighted by Gasteiger charge is 2.05. The number of carbonyl (C=O) groups excluding carboxylic acids is 2. The van der Waals surface area contributed by atoms with E-state index in [9.17, 15) is 14.4 Å². The van der Waals surface area contributed by atoms with Crippen molar-refractivity contribution in [3.05, 3.63) is 71.0 Å². The van der Waals surface area contributed by atoms with Crippen molar-refractivity contribution in [3.63, 3.8) is 0 Å². The van der Waals surface area contributed by atoms with Crippen molar-refractivity contribution in [1.82, 2.24) is 5.32 Å². The van der Waals surface area contributed by atoms with E-state index in [0.717, 1.165) is 0 Å². The lowest BCUT2D eigenvalue weighted by Crippen LogP contribution is -2.31. The van der Waals surface area contributed by atoms with E-state index in [4.69, 9.17) is 8.83 Å². The maximum absolute atomic E-state index is 11.9. The number of hydrogen-bond acceptors (Lipinski definition) is 5. The van der Waals surface area contributed by atoms with E-state index >= 15 is 0 Å². The van der Waals surface area contributed by atoms with Crippen LogP contribution in [0.1, 0.15) is 5.76 Å². The molecule has 25 heavy (non-hydrogen) atoms. The van der Waals surface area contributed by atoms with Crippen LogP contribution in [0, 0.1) is 0 Å². The van der Waals surface area contributed by atoms with Gasteiger partial charge >= 0.3 is 5.63 Å². The second-order valence-electron chi connectivity index (χ2n) is 5.12. The molecule has 126 valence electrons. The van der Waals surface area contributed by atoms with E-state index in [-0.39, 0.29) is 12.5 Å². The minimum Gasteiger partial charge on any atom is -0.465 e. The van der Waals surface area contributed by atoms with Crippen LogP contribution in [-0.2, 0) is 9.59 Å². The molecular formula is C18H14N2O5. The zero-order valence-corrected chi connectivity index (χ0v) is 13.0. The molecule has 2 amide bonds. The summed E-state index contributed by atoms with van der Waals surface area (Å²) in [6.07, 6.45) is 4.29. The number of carbonyl (C=O) groups is 2. The monoisotopic (exact) mass is 338 g/mol. The van der Waals surface area contributed by atoms with Gasteiger partial charge in [0.2, 0.25) is 11.8 Å². The van der Waals surface area contributed by atoms with E-state index in [1.54, 1.807) is 36.4 Å². The van der Waals surface area contributed by atoms with E-state index < -0.39 is 11.5 Å². The average Bonchev–Trinajstić information content (AvgIpc) is 3.12. The standard InChI is InChI=1S/C18H14N2O5/c21-16(7-5-14-2-1-9-24-14)19-11-17(22)20-13-4-6-15-12(10-13)3-8-18(23)25-15/h1-10H,11H2,(H,19,21)(H,20,22)/b7-5-. The molecule has 0 spiro atoms.